The molecule has 170 valence electrons. The average molecular weight is 466 g/mol. The summed E-state index contributed by atoms with van der Waals surface area (Å²) in [5.74, 6) is -1.49. The maximum Gasteiger partial charge on any atom is 0.419 e. The summed E-state index contributed by atoms with van der Waals surface area (Å²) in [5, 5.41) is 4.07. The molecule has 0 aliphatic rings. The number of ether oxygens (including phenoxy) is 1. The Labute approximate surface area is 189 Å². The number of hydrogen-bond acceptors (Lipinski definition) is 4. The van der Waals surface area contributed by atoms with Gasteiger partial charge in [0, 0.05) is 11.8 Å². The first-order chi connectivity index (χ1) is 16.3. The fourth-order valence-electron chi connectivity index (χ4n) is 3.60. The fourth-order valence-corrected chi connectivity index (χ4v) is 3.60. The van der Waals surface area contributed by atoms with E-state index in [0.29, 0.717) is 39.5 Å². The molecule has 0 aliphatic heterocycles. The van der Waals surface area contributed by atoms with Gasteiger partial charge >= 0.3 is 6.18 Å². The number of aromatic nitrogens is 3. The number of halogens is 4. The van der Waals surface area contributed by atoms with Gasteiger partial charge in [-0.05, 0) is 53.2 Å². The third-order valence-electron chi connectivity index (χ3n) is 5.18. The Morgan fingerprint density at radius 2 is 1.79 bits per heavy atom. The highest BCUT2D eigenvalue weighted by molar-refractivity contribution is 6.13. The summed E-state index contributed by atoms with van der Waals surface area (Å²) in [6, 6.07) is 14.3. The number of fused-ring (bicyclic) bond motifs is 2. The molecular weight excluding hydrogens is 452 g/mol. The first-order valence-corrected chi connectivity index (χ1v) is 9.97. The van der Waals surface area contributed by atoms with Crippen LogP contribution < -0.4 is 10.1 Å². The molecule has 0 saturated carbocycles. The molecule has 2 N–H and O–H groups in total. The molecular formula is C24H14F4N4O2. The van der Waals surface area contributed by atoms with Crippen LogP contribution in [-0.2, 0) is 6.18 Å². The van der Waals surface area contributed by atoms with E-state index in [1.54, 1.807) is 42.6 Å². The summed E-state index contributed by atoms with van der Waals surface area (Å²) in [5.41, 5.74) is -1.23. The van der Waals surface area contributed by atoms with E-state index < -0.39 is 29.2 Å². The Hall–Kier alpha value is -4.47. The molecule has 6 nitrogen and oxygen atoms in total. The van der Waals surface area contributed by atoms with E-state index in [0.717, 1.165) is 12.1 Å². The summed E-state index contributed by atoms with van der Waals surface area (Å²) in [4.78, 5) is 24.0. The Bertz CT molecular complexity index is 1550. The fraction of sp³-hybridized carbons (Fsp3) is 0.0417. The van der Waals surface area contributed by atoms with Crippen molar-refractivity contribution in [3.05, 3.63) is 90.1 Å². The number of alkyl halides is 3. The SMILES string of the molecule is O=C(Nc1cccc(C(F)(F)F)c1F)c1cccc2cc(Oc3ncnc4[nH]ccc34)ccc12. The van der Waals surface area contributed by atoms with Crippen molar-refractivity contribution in [1.29, 1.82) is 0 Å². The number of hydrogen-bond donors (Lipinski definition) is 2. The van der Waals surface area contributed by atoms with Crippen LogP contribution in [-0.4, -0.2) is 20.9 Å². The van der Waals surface area contributed by atoms with Gasteiger partial charge in [-0.25, -0.2) is 14.4 Å². The van der Waals surface area contributed by atoms with Crippen LogP contribution in [0.5, 0.6) is 11.6 Å². The van der Waals surface area contributed by atoms with Gasteiger partial charge in [-0.2, -0.15) is 13.2 Å². The van der Waals surface area contributed by atoms with Crippen molar-refractivity contribution in [2.45, 2.75) is 6.18 Å². The summed E-state index contributed by atoms with van der Waals surface area (Å²) in [6.45, 7) is 0. The van der Waals surface area contributed by atoms with Crippen LogP contribution in [0.4, 0.5) is 23.2 Å². The minimum Gasteiger partial charge on any atom is -0.438 e. The van der Waals surface area contributed by atoms with Crippen molar-refractivity contribution >= 4 is 33.4 Å². The lowest BCUT2D eigenvalue weighted by atomic mass is 10.0. The van der Waals surface area contributed by atoms with Crippen LogP contribution in [0.1, 0.15) is 15.9 Å². The second-order valence-corrected chi connectivity index (χ2v) is 7.33. The lowest BCUT2D eigenvalue weighted by Gasteiger charge is -2.13. The number of nitrogens with one attached hydrogen (secondary N) is 2. The molecule has 0 atom stereocenters. The van der Waals surface area contributed by atoms with Gasteiger partial charge in [0.2, 0.25) is 5.88 Å². The van der Waals surface area contributed by atoms with E-state index in [1.165, 1.54) is 12.4 Å². The molecule has 2 heterocycles. The van der Waals surface area contributed by atoms with Crippen molar-refractivity contribution in [1.82, 2.24) is 15.0 Å². The Morgan fingerprint density at radius 1 is 0.971 bits per heavy atom. The molecule has 34 heavy (non-hydrogen) atoms. The molecule has 0 saturated heterocycles. The molecule has 3 aromatic carbocycles. The highest BCUT2D eigenvalue weighted by atomic mass is 19.4. The predicted molar refractivity (Wildman–Crippen MR) is 117 cm³/mol. The van der Waals surface area contributed by atoms with Crippen molar-refractivity contribution in [2.24, 2.45) is 0 Å². The number of carbonyl (C=O) groups is 1. The number of benzene rings is 3. The maximum atomic E-state index is 14.3. The Kier molecular flexibility index (Phi) is 5.12. The van der Waals surface area contributed by atoms with Gasteiger partial charge in [0.05, 0.1) is 16.6 Å². The maximum absolute atomic E-state index is 14.3. The van der Waals surface area contributed by atoms with Gasteiger partial charge in [-0.3, -0.25) is 4.79 Å². The topological polar surface area (TPSA) is 79.9 Å². The van der Waals surface area contributed by atoms with E-state index in [-0.39, 0.29) is 5.56 Å². The zero-order chi connectivity index (χ0) is 23.9. The zero-order valence-electron chi connectivity index (χ0n) is 17.2. The van der Waals surface area contributed by atoms with Crippen LogP contribution in [0.25, 0.3) is 21.8 Å². The normalized spacial score (nSPS) is 11.6. The van der Waals surface area contributed by atoms with Crippen LogP contribution in [0, 0.1) is 5.82 Å². The van der Waals surface area contributed by atoms with E-state index in [1.807, 2.05) is 0 Å². The summed E-state index contributed by atoms with van der Waals surface area (Å²) >= 11 is 0. The van der Waals surface area contributed by atoms with Gasteiger partial charge in [0.1, 0.15) is 17.7 Å². The van der Waals surface area contributed by atoms with E-state index >= 15 is 0 Å². The first-order valence-electron chi connectivity index (χ1n) is 9.97. The third-order valence-corrected chi connectivity index (χ3v) is 5.18. The van der Waals surface area contributed by atoms with Crippen LogP contribution in [0.3, 0.4) is 0 Å². The second kappa shape index (κ2) is 8.14. The van der Waals surface area contributed by atoms with Gasteiger partial charge in [-0.1, -0.05) is 18.2 Å². The molecule has 0 unspecified atom stereocenters. The number of carbonyl (C=O) groups excluding carboxylic acids is 1. The average Bonchev–Trinajstić information content (AvgIpc) is 3.29. The summed E-state index contributed by atoms with van der Waals surface area (Å²) in [6.07, 6.45) is -1.80. The molecule has 1 amide bonds. The predicted octanol–water partition coefficient (Wildman–Crippen LogP) is 6.31. The molecule has 0 radical (unpaired) electrons. The van der Waals surface area contributed by atoms with E-state index in [9.17, 15) is 22.4 Å². The molecule has 0 fully saturated rings. The molecule has 0 bridgehead atoms. The number of H-pyrrole nitrogens is 1. The summed E-state index contributed by atoms with van der Waals surface area (Å²) < 4.78 is 59.2. The van der Waals surface area contributed by atoms with Crippen LogP contribution in [0.2, 0.25) is 0 Å². The van der Waals surface area contributed by atoms with Gasteiger partial charge in [0.25, 0.3) is 5.91 Å². The Morgan fingerprint density at radius 3 is 2.62 bits per heavy atom. The Balaban J connectivity index is 1.45. The number of anilines is 1. The van der Waals surface area contributed by atoms with E-state index in [2.05, 4.69) is 20.3 Å². The zero-order valence-corrected chi connectivity index (χ0v) is 17.2. The van der Waals surface area contributed by atoms with Crippen molar-refractivity contribution in [2.75, 3.05) is 5.32 Å². The van der Waals surface area contributed by atoms with E-state index in [4.69, 9.17) is 4.74 Å². The highest BCUT2D eigenvalue weighted by Crippen LogP contribution is 2.34. The summed E-state index contributed by atoms with van der Waals surface area (Å²) in [7, 11) is 0. The van der Waals surface area contributed by atoms with Gasteiger partial charge in [0.15, 0.2) is 5.82 Å². The number of amides is 1. The van der Waals surface area contributed by atoms with Crippen molar-refractivity contribution in [3.8, 4) is 11.6 Å². The van der Waals surface area contributed by atoms with Gasteiger partial charge in [-0.15, -0.1) is 0 Å². The highest BCUT2D eigenvalue weighted by Gasteiger charge is 2.35. The lowest BCUT2D eigenvalue weighted by Crippen LogP contribution is -2.16. The largest absolute Gasteiger partial charge is 0.438 e. The van der Waals surface area contributed by atoms with Gasteiger partial charge < -0.3 is 15.0 Å². The second-order valence-electron chi connectivity index (χ2n) is 7.33. The van der Waals surface area contributed by atoms with Crippen molar-refractivity contribution in [3.63, 3.8) is 0 Å². The molecule has 0 aliphatic carbocycles. The molecule has 0 spiro atoms. The molecule has 5 aromatic rings. The first kappa shape index (κ1) is 21.4. The minimum atomic E-state index is -4.88. The lowest BCUT2D eigenvalue weighted by molar-refractivity contribution is -0.139. The quantitative estimate of drug-likeness (QED) is 0.304. The third kappa shape index (κ3) is 3.90. The van der Waals surface area contributed by atoms with Crippen LogP contribution >= 0.6 is 0 Å². The molecule has 10 heteroatoms. The number of nitrogens with zero attached hydrogens (tertiary/aromatic N) is 2. The molecule has 5 rings (SSSR count). The minimum absolute atomic E-state index is 0.163. The number of aromatic amines is 1. The number of rotatable bonds is 4. The monoisotopic (exact) mass is 466 g/mol. The standard InChI is InChI=1S/C24H14F4N4O2/c25-20-18(24(26,27)28)5-2-6-19(20)32-22(33)16-4-1-3-13-11-14(7-8-15(13)16)34-23-17-9-10-29-21(17)30-12-31-23/h1-12H,(H,32,33)(H,29,30,31). The smallest absolute Gasteiger partial charge is 0.419 e. The molecule has 2 aromatic heterocycles. The van der Waals surface area contributed by atoms with Crippen molar-refractivity contribution < 1.29 is 27.1 Å². The van der Waals surface area contributed by atoms with Crippen LogP contribution in [0.15, 0.2) is 73.2 Å².